The van der Waals surface area contributed by atoms with Gasteiger partial charge in [-0.2, -0.15) is 4.39 Å². The summed E-state index contributed by atoms with van der Waals surface area (Å²) in [5.74, 6) is -2.64. The highest BCUT2D eigenvalue weighted by molar-refractivity contribution is 6.02. The van der Waals surface area contributed by atoms with E-state index < -0.39 is 28.3 Å². The van der Waals surface area contributed by atoms with Gasteiger partial charge in [-0.3, -0.25) is 14.9 Å². The number of nitro benzene ring substituents is 1. The number of rotatable bonds is 3. The monoisotopic (exact) mass is 279 g/mol. The summed E-state index contributed by atoms with van der Waals surface area (Å²) < 4.78 is 26.4. The SMILES string of the molecule is O=C(Nc1ccc([N+](=O)[O-])cc1F)c1cccc(F)n1. The minimum absolute atomic E-state index is 0.234. The van der Waals surface area contributed by atoms with Crippen LogP contribution in [-0.2, 0) is 0 Å². The fraction of sp³-hybridized carbons (Fsp3) is 0. The Morgan fingerprint density at radius 3 is 2.60 bits per heavy atom. The molecule has 2 rings (SSSR count). The molecule has 0 atom stereocenters. The summed E-state index contributed by atoms with van der Waals surface area (Å²) >= 11 is 0. The van der Waals surface area contributed by atoms with Gasteiger partial charge in [-0.15, -0.1) is 0 Å². The van der Waals surface area contributed by atoms with Crippen LogP contribution in [0.2, 0.25) is 0 Å². The Bertz CT molecular complexity index is 691. The first-order chi connectivity index (χ1) is 9.47. The number of amides is 1. The maximum absolute atomic E-state index is 13.6. The summed E-state index contributed by atoms with van der Waals surface area (Å²) in [4.78, 5) is 24.7. The van der Waals surface area contributed by atoms with E-state index in [0.717, 1.165) is 18.2 Å². The largest absolute Gasteiger partial charge is 0.318 e. The van der Waals surface area contributed by atoms with Gasteiger partial charge in [0.05, 0.1) is 16.7 Å². The number of hydrogen-bond acceptors (Lipinski definition) is 4. The molecule has 1 amide bonds. The maximum atomic E-state index is 13.6. The molecule has 0 aliphatic carbocycles. The normalized spacial score (nSPS) is 10.1. The van der Waals surface area contributed by atoms with Crippen LogP contribution in [0, 0.1) is 21.9 Å². The molecule has 1 aromatic carbocycles. The molecule has 8 heteroatoms. The molecular formula is C12H7F2N3O3. The van der Waals surface area contributed by atoms with E-state index in [0.29, 0.717) is 6.07 Å². The zero-order valence-corrected chi connectivity index (χ0v) is 9.84. The molecule has 0 radical (unpaired) electrons. The molecule has 1 aromatic heterocycles. The molecule has 1 heterocycles. The Morgan fingerprint density at radius 1 is 1.25 bits per heavy atom. The van der Waals surface area contributed by atoms with Gasteiger partial charge in [0.2, 0.25) is 5.95 Å². The topological polar surface area (TPSA) is 85.1 Å². The molecule has 0 saturated heterocycles. The molecule has 0 aliphatic rings. The van der Waals surface area contributed by atoms with Gasteiger partial charge in [-0.25, -0.2) is 9.37 Å². The Labute approximate surface area is 111 Å². The number of nitro groups is 1. The molecule has 2 aromatic rings. The molecule has 0 spiro atoms. The average molecular weight is 279 g/mol. The van der Waals surface area contributed by atoms with Gasteiger partial charge in [0.1, 0.15) is 5.69 Å². The maximum Gasteiger partial charge on any atom is 0.274 e. The summed E-state index contributed by atoms with van der Waals surface area (Å²) in [5, 5.41) is 12.6. The van der Waals surface area contributed by atoms with E-state index in [9.17, 15) is 23.7 Å². The van der Waals surface area contributed by atoms with Gasteiger partial charge in [0, 0.05) is 6.07 Å². The van der Waals surface area contributed by atoms with Crippen LogP contribution in [0.25, 0.3) is 0 Å². The van der Waals surface area contributed by atoms with Crippen LogP contribution in [-0.4, -0.2) is 15.8 Å². The van der Waals surface area contributed by atoms with Crippen molar-refractivity contribution in [1.29, 1.82) is 0 Å². The molecule has 0 saturated carbocycles. The highest BCUT2D eigenvalue weighted by atomic mass is 19.1. The Hall–Kier alpha value is -2.90. The third kappa shape index (κ3) is 2.91. The smallest absolute Gasteiger partial charge is 0.274 e. The van der Waals surface area contributed by atoms with Crippen LogP contribution in [0.15, 0.2) is 36.4 Å². The second kappa shape index (κ2) is 5.39. The van der Waals surface area contributed by atoms with Crippen molar-refractivity contribution < 1.29 is 18.5 Å². The quantitative estimate of drug-likeness (QED) is 0.531. The standard InChI is InChI=1S/C12H7F2N3O3/c13-8-6-7(17(19)20)4-5-9(8)16-12(18)10-2-1-3-11(14)15-10/h1-6H,(H,16,18). The lowest BCUT2D eigenvalue weighted by Crippen LogP contribution is -2.15. The molecule has 1 N–H and O–H groups in total. The first-order valence-electron chi connectivity index (χ1n) is 5.35. The fourth-order valence-corrected chi connectivity index (χ4v) is 1.44. The van der Waals surface area contributed by atoms with Gasteiger partial charge in [0.25, 0.3) is 11.6 Å². The highest BCUT2D eigenvalue weighted by Crippen LogP contribution is 2.20. The van der Waals surface area contributed by atoms with Crippen molar-refractivity contribution in [2.45, 2.75) is 0 Å². The number of pyridine rings is 1. The minimum Gasteiger partial charge on any atom is -0.318 e. The second-order valence-electron chi connectivity index (χ2n) is 3.72. The van der Waals surface area contributed by atoms with Crippen LogP contribution in [0.1, 0.15) is 10.5 Å². The van der Waals surface area contributed by atoms with Crippen molar-refractivity contribution in [2.75, 3.05) is 5.32 Å². The summed E-state index contributed by atoms with van der Waals surface area (Å²) in [6.45, 7) is 0. The third-order valence-corrected chi connectivity index (χ3v) is 2.36. The van der Waals surface area contributed by atoms with E-state index in [1.165, 1.54) is 12.1 Å². The van der Waals surface area contributed by atoms with Gasteiger partial charge < -0.3 is 5.32 Å². The predicted octanol–water partition coefficient (Wildman–Crippen LogP) is 2.52. The number of aromatic nitrogens is 1. The highest BCUT2D eigenvalue weighted by Gasteiger charge is 2.14. The molecule has 0 fully saturated rings. The zero-order chi connectivity index (χ0) is 14.7. The molecule has 0 aliphatic heterocycles. The summed E-state index contributed by atoms with van der Waals surface area (Å²) in [7, 11) is 0. The number of hydrogen-bond donors (Lipinski definition) is 1. The van der Waals surface area contributed by atoms with Crippen molar-refractivity contribution >= 4 is 17.3 Å². The molecule has 0 bridgehead atoms. The zero-order valence-electron chi connectivity index (χ0n) is 9.84. The van der Waals surface area contributed by atoms with Crippen LogP contribution >= 0.6 is 0 Å². The number of carbonyl (C=O) groups is 1. The summed E-state index contributed by atoms with van der Waals surface area (Å²) in [6.07, 6.45) is 0. The van der Waals surface area contributed by atoms with E-state index in [4.69, 9.17) is 0 Å². The second-order valence-corrected chi connectivity index (χ2v) is 3.72. The predicted molar refractivity (Wildman–Crippen MR) is 65.2 cm³/mol. The number of benzene rings is 1. The van der Waals surface area contributed by atoms with E-state index in [2.05, 4.69) is 10.3 Å². The number of carbonyl (C=O) groups excluding carboxylic acids is 1. The van der Waals surface area contributed by atoms with Gasteiger partial charge in [-0.1, -0.05) is 6.07 Å². The lowest BCUT2D eigenvalue weighted by atomic mass is 10.2. The molecule has 20 heavy (non-hydrogen) atoms. The first-order valence-corrected chi connectivity index (χ1v) is 5.35. The van der Waals surface area contributed by atoms with Crippen LogP contribution in [0.3, 0.4) is 0 Å². The van der Waals surface area contributed by atoms with Crippen LogP contribution < -0.4 is 5.32 Å². The van der Waals surface area contributed by atoms with E-state index >= 15 is 0 Å². The Morgan fingerprint density at radius 2 is 2.00 bits per heavy atom. The first kappa shape index (κ1) is 13.5. The number of nitrogens with one attached hydrogen (secondary N) is 1. The molecule has 0 unspecified atom stereocenters. The van der Waals surface area contributed by atoms with Crippen molar-refractivity contribution in [3.8, 4) is 0 Å². The van der Waals surface area contributed by atoms with E-state index in [-0.39, 0.29) is 11.4 Å². The van der Waals surface area contributed by atoms with Gasteiger partial charge in [0.15, 0.2) is 5.82 Å². The summed E-state index contributed by atoms with van der Waals surface area (Å²) in [5.41, 5.74) is -0.932. The fourth-order valence-electron chi connectivity index (χ4n) is 1.44. The lowest BCUT2D eigenvalue weighted by Gasteiger charge is -2.05. The molecule has 102 valence electrons. The van der Waals surface area contributed by atoms with E-state index in [1.807, 2.05) is 0 Å². The minimum atomic E-state index is -0.969. The van der Waals surface area contributed by atoms with Crippen molar-refractivity contribution in [3.05, 3.63) is 64.0 Å². The number of nitrogens with zero attached hydrogens (tertiary/aromatic N) is 2. The van der Waals surface area contributed by atoms with Crippen LogP contribution in [0.5, 0.6) is 0 Å². The van der Waals surface area contributed by atoms with Crippen LogP contribution in [0.4, 0.5) is 20.2 Å². The lowest BCUT2D eigenvalue weighted by molar-refractivity contribution is -0.385. The van der Waals surface area contributed by atoms with Gasteiger partial charge >= 0.3 is 0 Å². The third-order valence-electron chi connectivity index (χ3n) is 2.36. The van der Waals surface area contributed by atoms with Crippen molar-refractivity contribution in [1.82, 2.24) is 4.98 Å². The molecular weight excluding hydrogens is 272 g/mol. The van der Waals surface area contributed by atoms with Crippen molar-refractivity contribution in [3.63, 3.8) is 0 Å². The number of halogens is 2. The Kier molecular flexibility index (Phi) is 3.65. The number of anilines is 1. The Balaban J connectivity index is 2.22. The summed E-state index contributed by atoms with van der Waals surface area (Å²) in [6, 6.07) is 6.35. The molecule has 6 nitrogen and oxygen atoms in total. The number of non-ortho nitro benzene ring substituents is 1. The van der Waals surface area contributed by atoms with Crippen molar-refractivity contribution in [2.24, 2.45) is 0 Å². The average Bonchev–Trinajstić information content (AvgIpc) is 2.40. The van der Waals surface area contributed by atoms with Gasteiger partial charge in [-0.05, 0) is 18.2 Å². The van der Waals surface area contributed by atoms with E-state index in [1.54, 1.807) is 0 Å².